The fourth-order valence-electron chi connectivity index (χ4n) is 1.84. The van der Waals surface area contributed by atoms with E-state index >= 15 is 0 Å². The summed E-state index contributed by atoms with van der Waals surface area (Å²) < 4.78 is 0. The Hall–Kier alpha value is -2.68. The van der Waals surface area contributed by atoms with Gasteiger partial charge in [-0.1, -0.05) is 17.8 Å². The molecule has 1 fully saturated rings. The molecule has 0 radical (unpaired) electrons. The highest BCUT2D eigenvalue weighted by atomic mass is 32.2. The first-order valence-electron chi connectivity index (χ1n) is 7.04. The van der Waals surface area contributed by atoms with Crippen molar-refractivity contribution < 1.29 is 19.5 Å². The van der Waals surface area contributed by atoms with Gasteiger partial charge in [-0.05, 0) is 32.0 Å². The lowest BCUT2D eigenvalue weighted by Crippen LogP contribution is -2.28. The molecule has 24 heavy (non-hydrogen) atoms. The van der Waals surface area contributed by atoms with E-state index in [2.05, 4.69) is 20.8 Å². The van der Waals surface area contributed by atoms with E-state index in [4.69, 9.17) is 5.11 Å². The average molecular weight is 348 g/mol. The molecular weight excluding hydrogens is 332 g/mol. The molecule has 1 aromatic carbocycles. The number of amidine groups is 1. The highest BCUT2D eigenvalue weighted by molar-refractivity contribution is 8.15. The van der Waals surface area contributed by atoms with E-state index < -0.39 is 11.2 Å². The molecule has 126 valence electrons. The summed E-state index contributed by atoms with van der Waals surface area (Å²) in [5, 5.41) is 21.6. The fourth-order valence-corrected chi connectivity index (χ4v) is 2.76. The molecule has 2 amide bonds. The SMILES string of the molecule is CC(C)=N/N=C1\NC(=O)C(CC(=O)Nc2cccc(C(=O)O)c2)S1. The van der Waals surface area contributed by atoms with E-state index in [0.717, 1.165) is 17.5 Å². The summed E-state index contributed by atoms with van der Waals surface area (Å²) in [6.45, 7) is 3.56. The zero-order valence-electron chi connectivity index (χ0n) is 13.1. The van der Waals surface area contributed by atoms with Crippen LogP contribution < -0.4 is 10.6 Å². The van der Waals surface area contributed by atoms with Crippen LogP contribution >= 0.6 is 11.8 Å². The fraction of sp³-hybridized carbons (Fsp3) is 0.267. The molecule has 1 aromatic rings. The number of carboxylic acid groups (broad SMARTS) is 1. The molecule has 9 heteroatoms. The van der Waals surface area contributed by atoms with Gasteiger partial charge in [0.05, 0.1) is 5.56 Å². The lowest BCUT2D eigenvalue weighted by molar-refractivity contribution is -0.122. The van der Waals surface area contributed by atoms with Crippen LogP contribution in [0.2, 0.25) is 0 Å². The molecule has 0 bridgehead atoms. The molecule has 0 aromatic heterocycles. The van der Waals surface area contributed by atoms with Crippen molar-refractivity contribution >= 4 is 46.1 Å². The summed E-state index contributed by atoms with van der Waals surface area (Å²) in [6.07, 6.45) is -0.0539. The van der Waals surface area contributed by atoms with Crippen LogP contribution in [-0.4, -0.2) is 39.0 Å². The minimum atomic E-state index is -1.08. The molecule has 1 atom stereocenters. The van der Waals surface area contributed by atoms with Gasteiger partial charge < -0.3 is 15.7 Å². The molecule has 1 heterocycles. The monoisotopic (exact) mass is 348 g/mol. The Morgan fingerprint density at radius 1 is 1.38 bits per heavy atom. The standard InChI is InChI=1S/C15H16N4O4S/c1-8(2)18-19-15-17-13(21)11(24-15)7-12(20)16-10-5-3-4-9(6-10)14(22)23/h3-6,11H,7H2,1-2H3,(H,16,20)(H,22,23)(H,17,19,21). The molecule has 3 N–H and O–H groups in total. The van der Waals surface area contributed by atoms with Crippen LogP contribution in [-0.2, 0) is 9.59 Å². The molecular formula is C15H16N4O4S. The van der Waals surface area contributed by atoms with Gasteiger partial charge in [0.2, 0.25) is 11.8 Å². The number of anilines is 1. The maximum absolute atomic E-state index is 12.0. The van der Waals surface area contributed by atoms with Gasteiger partial charge in [-0.3, -0.25) is 9.59 Å². The molecule has 0 aliphatic carbocycles. The van der Waals surface area contributed by atoms with Crippen molar-refractivity contribution in [3.8, 4) is 0 Å². The average Bonchev–Trinajstić information content (AvgIpc) is 2.85. The largest absolute Gasteiger partial charge is 0.478 e. The van der Waals surface area contributed by atoms with Gasteiger partial charge in [-0.15, -0.1) is 5.10 Å². The number of nitrogens with one attached hydrogen (secondary N) is 2. The van der Waals surface area contributed by atoms with Crippen molar-refractivity contribution in [2.24, 2.45) is 10.2 Å². The van der Waals surface area contributed by atoms with Crippen molar-refractivity contribution in [3.63, 3.8) is 0 Å². The first-order valence-corrected chi connectivity index (χ1v) is 7.92. The van der Waals surface area contributed by atoms with Gasteiger partial charge >= 0.3 is 5.97 Å². The third-order valence-electron chi connectivity index (χ3n) is 2.88. The van der Waals surface area contributed by atoms with E-state index in [9.17, 15) is 14.4 Å². The van der Waals surface area contributed by atoms with Crippen LogP contribution in [0.1, 0.15) is 30.6 Å². The van der Waals surface area contributed by atoms with Crippen molar-refractivity contribution in [1.29, 1.82) is 0 Å². The maximum atomic E-state index is 12.0. The van der Waals surface area contributed by atoms with Crippen LogP contribution in [0.4, 0.5) is 5.69 Å². The molecule has 1 aliphatic rings. The summed E-state index contributed by atoms with van der Waals surface area (Å²) in [6, 6.07) is 5.90. The first-order chi connectivity index (χ1) is 11.3. The second-order valence-corrected chi connectivity index (χ2v) is 6.38. The van der Waals surface area contributed by atoms with Gasteiger partial charge in [0.25, 0.3) is 0 Å². The lowest BCUT2D eigenvalue weighted by atomic mass is 10.2. The number of rotatable bonds is 5. The Balaban J connectivity index is 1.96. The van der Waals surface area contributed by atoms with Crippen molar-refractivity contribution in [1.82, 2.24) is 5.32 Å². The Morgan fingerprint density at radius 3 is 2.79 bits per heavy atom. The third kappa shape index (κ3) is 4.92. The molecule has 2 rings (SSSR count). The molecule has 1 saturated heterocycles. The predicted molar refractivity (Wildman–Crippen MR) is 92.4 cm³/mol. The smallest absolute Gasteiger partial charge is 0.335 e. The molecule has 1 aliphatic heterocycles. The topological polar surface area (TPSA) is 120 Å². The Kier molecular flexibility index (Phi) is 5.69. The van der Waals surface area contributed by atoms with E-state index in [-0.39, 0.29) is 23.8 Å². The van der Waals surface area contributed by atoms with Gasteiger partial charge in [-0.25, -0.2) is 4.79 Å². The first kappa shape index (κ1) is 17.7. The zero-order valence-corrected chi connectivity index (χ0v) is 13.9. The normalized spacial score (nSPS) is 18.2. The van der Waals surface area contributed by atoms with Gasteiger partial charge in [0.15, 0.2) is 5.17 Å². The third-order valence-corrected chi connectivity index (χ3v) is 3.95. The van der Waals surface area contributed by atoms with Gasteiger partial charge in [0.1, 0.15) is 5.25 Å². The Morgan fingerprint density at radius 2 is 2.12 bits per heavy atom. The summed E-state index contributed by atoms with van der Waals surface area (Å²) in [5.74, 6) is -1.77. The van der Waals surface area contributed by atoms with E-state index in [1.807, 2.05) is 0 Å². The number of amides is 2. The van der Waals surface area contributed by atoms with Crippen molar-refractivity contribution in [2.45, 2.75) is 25.5 Å². The summed E-state index contributed by atoms with van der Waals surface area (Å²) in [7, 11) is 0. The van der Waals surface area contributed by atoms with Crippen LogP contribution in [0.15, 0.2) is 34.5 Å². The quantitative estimate of drug-likeness (QED) is 0.552. The van der Waals surface area contributed by atoms with Crippen molar-refractivity contribution in [2.75, 3.05) is 5.32 Å². The van der Waals surface area contributed by atoms with Crippen molar-refractivity contribution in [3.05, 3.63) is 29.8 Å². The van der Waals surface area contributed by atoms with Crippen LogP contribution in [0.3, 0.4) is 0 Å². The maximum Gasteiger partial charge on any atom is 0.335 e. The Labute approximate surface area is 142 Å². The lowest BCUT2D eigenvalue weighted by Gasteiger charge is -2.08. The number of carbonyl (C=O) groups is 3. The predicted octanol–water partition coefficient (Wildman–Crippen LogP) is 1.70. The number of carboxylic acids is 1. The highest BCUT2D eigenvalue weighted by Crippen LogP contribution is 2.23. The van der Waals surface area contributed by atoms with Crippen LogP contribution in [0, 0.1) is 0 Å². The number of nitrogens with zero attached hydrogens (tertiary/aromatic N) is 2. The van der Waals surface area contributed by atoms with E-state index in [0.29, 0.717) is 10.9 Å². The van der Waals surface area contributed by atoms with E-state index in [1.165, 1.54) is 18.2 Å². The number of benzene rings is 1. The number of carbonyl (C=O) groups excluding carboxylic acids is 2. The minimum Gasteiger partial charge on any atom is -0.478 e. The minimum absolute atomic E-state index is 0.0539. The van der Waals surface area contributed by atoms with Crippen LogP contribution in [0.5, 0.6) is 0 Å². The van der Waals surface area contributed by atoms with Gasteiger partial charge in [-0.2, -0.15) is 5.10 Å². The summed E-state index contributed by atoms with van der Waals surface area (Å²) in [4.78, 5) is 34.8. The Bertz CT molecular complexity index is 741. The molecule has 1 unspecified atom stereocenters. The second kappa shape index (κ2) is 7.73. The number of hydrogen-bond acceptors (Lipinski definition) is 6. The second-order valence-electron chi connectivity index (χ2n) is 5.19. The van der Waals surface area contributed by atoms with E-state index in [1.54, 1.807) is 19.9 Å². The van der Waals surface area contributed by atoms with Crippen LogP contribution in [0.25, 0.3) is 0 Å². The molecule has 8 nitrogen and oxygen atoms in total. The summed E-state index contributed by atoms with van der Waals surface area (Å²) in [5.41, 5.74) is 1.18. The molecule has 0 spiro atoms. The van der Waals surface area contributed by atoms with Gasteiger partial charge in [0, 0.05) is 17.8 Å². The number of thioether (sulfide) groups is 1. The number of hydrogen-bond donors (Lipinski definition) is 3. The highest BCUT2D eigenvalue weighted by Gasteiger charge is 2.32. The zero-order chi connectivity index (χ0) is 17.7. The molecule has 0 saturated carbocycles. The number of aromatic carboxylic acids is 1. The summed E-state index contributed by atoms with van der Waals surface area (Å²) >= 11 is 1.14.